The van der Waals surface area contributed by atoms with Crippen LogP contribution in [0.4, 0.5) is 15.8 Å². The SMILES string of the molecule is CN(C)c1ccc(N=O)c(F)c1. The lowest BCUT2D eigenvalue weighted by molar-refractivity contribution is 0.629. The van der Waals surface area contributed by atoms with Gasteiger partial charge in [0.25, 0.3) is 0 Å². The molecule has 3 nitrogen and oxygen atoms in total. The van der Waals surface area contributed by atoms with Crippen LogP contribution in [0.2, 0.25) is 0 Å². The van der Waals surface area contributed by atoms with Crippen LogP contribution in [0, 0.1) is 10.7 Å². The van der Waals surface area contributed by atoms with E-state index >= 15 is 0 Å². The maximum Gasteiger partial charge on any atom is 0.154 e. The van der Waals surface area contributed by atoms with Crippen molar-refractivity contribution in [2.24, 2.45) is 5.18 Å². The number of nitrogens with zero attached hydrogens (tertiary/aromatic N) is 2. The first-order valence-electron chi connectivity index (χ1n) is 3.45. The lowest BCUT2D eigenvalue weighted by Crippen LogP contribution is -2.08. The summed E-state index contributed by atoms with van der Waals surface area (Å²) in [6, 6.07) is 4.27. The molecule has 0 aliphatic heterocycles. The summed E-state index contributed by atoms with van der Waals surface area (Å²) in [5, 5.41) is 2.53. The fourth-order valence-corrected chi connectivity index (χ4v) is 0.848. The predicted octanol–water partition coefficient (Wildman–Crippen LogP) is 2.29. The van der Waals surface area contributed by atoms with Crippen LogP contribution >= 0.6 is 0 Å². The van der Waals surface area contributed by atoms with E-state index in [1.165, 1.54) is 12.1 Å². The lowest BCUT2D eigenvalue weighted by atomic mass is 10.2. The molecule has 12 heavy (non-hydrogen) atoms. The molecule has 0 heterocycles. The summed E-state index contributed by atoms with van der Waals surface area (Å²) >= 11 is 0. The summed E-state index contributed by atoms with van der Waals surface area (Å²) in [6.07, 6.45) is 0. The molecule has 0 saturated heterocycles. The summed E-state index contributed by atoms with van der Waals surface area (Å²) in [5.74, 6) is -0.587. The van der Waals surface area contributed by atoms with Crippen LogP contribution < -0.4 is 4.90 Å². The number of halogens is 1. The van der Waals surface area contributed by atoms with Gasteiger partial charge in [0.2, 0.25) is 0 Å². The Morgan fingerprint density at radius 3 is 2.50 bits per heavy atom. The van der Waals surface area contributed by atoms with Gasteiger partial charge < -0.3 is 4.90 Å². The third-order valence-corrected chi connectivity index (χ3v) is 1.55. The van der Waals surface area contributed by atoms with E-state index in [0.717, 1.165) is 0 Å². The molecule has 0 unspecified atom stereocenters. The molecule has 0 spiro atoms. The number of rotatable bonds is 2. The van der Waals surface area contributed by atoms with E-state index in [1.807, 2.05) is 0 Å². The standard InChI is InChI=1S/C8H9FN2O/c1-11(2)6-3-4-8(10-12)7(9)5-6/h3-5H,1-2H3. The molecule has 0 aliphatic rings. The van der Waals surface area contributed by atoms with Crippen LogP contribution in [0.1, 0.15) is 0 Å². The van der Waals surface area contributed by atoms with Gasteiger partial charge in [-0.1, -0.05) is 0 Å². The first-order chi connectivity index (χ1) is 5.65. The van der Waals surface area contributed by atoms with E-state index in [2.05, 4.69) is 5.18 Å². The smallest absolute Gasteiger partial charge is 0.154 e. The summed E-state index contributed by atoms with van der Waals surface area (Å²) in [4.78, 5) is 11.8. The zero-order chi connectivity index (χ0) is 9.14. The van der Waals surface area contributed by atoms with Gasteiger partial charge in [-0.05, 0) is 23.4 Å². The average molecular weight is 168 g/mol. The number of hydrogen-bond acceptors (Lipinski definition) is 3. The number of anilines is 1. The first kappa shape index (κ1) is 8.64. The molecule has 64 valence electrons. The van der Waals surface area contributed by atoms with Crippen molar-refractivity contribution in [1.82, 2.24) is 0 Å². The fraction of sp³-hybridized carbons (Fsp3) is 0.250. The minimum Gasteiger partial charge on any atom is -0.378 e. The Balaban J connectivity index is 3.10. The maximum atomic E-state index is 12.9. The highest BCUT2D eigenvalue weighted by atomic mass is 19.1. The summed E-state index contributed by atoms with van der Waals surface area (Å²) < 4.78 is 12.9. The van der Waals surface area contributed by atoms with Crippen LogP contribution in [-0.2, 0) is 0 Å². The Bertz CT molecular complexity index is 299. The van der Waals surface area contributed by atoms with Gasteiger partial charge in [-0.15, -0.1) is 4.91 Å². The Morgan fingerprint density at radius 1 is 1.42 bits per heavy atom. The van der Waals surface area contributed by atoms with E-state index in [1.54, 1.807) is 25.1 Å². The number of nitroso groups, excluding NO2 is 1. The molecule has 1 aromatic carbocycles. The molecule has 0 fully saturated rings. The Hall–Kier alpha value is -1.45. The molecule has 0 atom stereocenters. The second kappa shape index (κ2) is 3.30. The molecule has 0 aromatic heterocycles. The van der Waals surface area contributed by atoms with Crippen molar-refractivity contribution in [3.8, 4) is 0 Å². The highest BCUT2D eigenvalue weighted by Gasteiger charge is 2.03. The second-order valence-corrected chi connectivity index (χ2v) is 2.62. The average Bonchev–Trinajstić information content (AvgIpc) is 2.04. The number of hydrogen-bond donors (Lipinski definition) is 0. The monoisotopic (exact) mass is 168 g/mol. The van der Waals surface area contributed by atoms with Crippen molar-refractivity contribution >= 4 is 11.4 Å². The topological polar surface area (TPSA) is 32.7 Å². The molecule has 0 saturated carbocycles. The van der Waals surface area contributed by atoms with E-state index in [9.17, 15) is 9.30 Å². The van der Waals surface area contributed by atoms with Gasteiger partial charge in [0, 0.05) is 19.8 Å². The Kier molecular flexibility index (Phi) is 2.38. The molecule has 0 N–H and O–H groups in total. The van der Waals surface area contributed by atoms with Gasteiger partial charge in [0.15, 0.2) is 5.82 Å². The summed E-state index contributed by atoms with van der Waals surface area (Å²) in [6.45, 7) is 0. The van der Waals surface area contributed by atoms with Gasteiger partial charge in [0.1, 0.15) is 5.69 Å². The molecule has 1 aromatic rings. The van der Waals surface area contributed by atoms with Crippen LogP contribution in [0.15, 0.2) is 23.4 Å². The molecular weight excluding hydrogens is 159 g/mol. The Labute approximate surface area is 69.8 Å². The van der Waals surface area contributed by atoms with E-state index in [0.29, 0.717) is 5.69 Å². The van der Waals surface area contributed by atoms with E-state index in [4.69, 9.17) is 0 Å². The van der Waals surface area contributed by atoms with Crippen LogP contribution in [0.3, 0.4) is 0 Å². The minimum absolute atomic E-state index is 0.152. The molecule has 1 rings (SSSR count). The van der Waals surface area contributed by atoms with Crippen LogP contribution in [0.25, 0.3) is 0 Å². The predicted molar refractivity (Wildman–Crippen MR) is 46.2 cm³/mol. The Morgan fingerprint density at radius 2 is 2.08 bits per heavy atom. The van der Waals surface area contributed by atoms with Gasteiger partial charge in [-0.3, -0.25) is 0 Å². The zero-order valence-corrected chi connectivity index (χ0v) is 6.91. The summed E-state index contributed by atoms with van der Waals surface area (Å²) in [5.41, 5.74) is 0.556. The molecule has 4 heteroatoms. The highest BCUT2D eigenvalue weighted by molar-refractivity contribution is 5.52. The quantitative estimate of drug-likeness (QED) is 0.634. The van der Waals surface area contributed by atoms with Gasteiger partial charge >= 0.3 is 0 Å². The fourth-order valence-electron chi connectivity index (χ4n) is 0.848. The largest absolute Gasteiger partial charge is 0.378 e. The van der Waals surface area contributed by atoms with Crippen molar-refractivity contribution in [1.29, 1.82) is 0 Å². The van der Waals surface area contributed by atoms with Crippen molar-refractivity contribution in [3.63, 3.8) is 0 Å². The van der Waals surface area contributed by atoms with Gasteiger partial charge in [0.05, 0.1) is 0 Å². The molecular formula is C8H9FN2O. The van der Waals surface area contributed by atoms with Crippen LogP contribution in [-0.4, -0.2) is 14.1 Å². The third-order valence-electron chi connectivity index (χ3n) is 1.55. The van der Waals surface area contributed by atoms with Gasteiger partial charge in [-0.2, -0.15) is 0 Å². The molecule has 0 bridgehead atoms. The molecule has 0 radical (unpaired) electrons. The van der Waals surface area contributed by atoms with Gasteiger partial charge in [-0.25, -0.2) is 4.39 Å². The van der Waals surface area contributed by atoms with Crippen LogP contribution in [0.5, 0.6) is 0 Å². The molecule has 0 amide bonds. The van der Waals surface area contributed by atoms with Crippen molar-refractivity contribution in [2.75, 3.05) is 19.0 Å². The summed E-state index contributed by atoms with van der Waals surface area (Å²) in [7, 11) is 3.59. The third kappa shape index (κ3) is 1.58. The maximum absolute atomic E-state index is 12.9. The number of benzene rings is 1. The first-order valence-corrected chi connectivity index (χ1v) is 3.45. The second-order valence-electron chi connectivity index (χ2n) is 2.62. The lowest BCUT2D eigenvalue weighted by Gasteiger charge is -2.11. The van der Waals surface area contributed by atoms with E-state index in [-0.39, 0.29) is 5.69 Å². The normalized spacial score (nSPS) is 9.58. The van der Waals surface area contributed by atoms with Crippen molar-refractivity contribution in [2.45, 2.75) is 0 Å². The molecule has 0 aliphatic carbocycles. The minimum atomic E-state index is -0.587. The van der Waals surface area contributed by atoms with Crippen molar-refractivity contribution < 1.29 is 4.39 Å². The highest BCUT2D eigenvalue weighted by Crippen LogP contribution is 2.22. The van der Waals surface area contributed by atoms with Crippen molar-refractivity contribution in [3.05, 3.63) is 28.9 Å². The van der Waals surface area contributed by atoms with E-state index < -0.39 is 5.82 Å². The zero-order valence-electron chi connectivity index (χ0n) is 6.91.